The van der Waals surface area contributed by atoms with Gasteiger partial charge in [0.2, 0.25) is 5.91 Å². The number of hydrogen-bond donors (Lipinski definition) is 1. The normalized spacial score (nSPS) is 11.2. The predicted molar refractivity (Wildman–Crippen MR) is 120 cm³/mol. The van der Waals surface area contributed by atoms with Crippen LogP contribution in [0.2, 0.25) is 5.15 Å². The molecule has 0 saturated heterocycles. The van der Waals surface area contributed by atoms with E-state index < -0.39 is 0 Å². The van der Waals surface area contributed by atoms with Crippen molar-refractivity contribution in [1.82, 2.24) is 15.1 Å². The van der Waals surface area contributed by atoms with Crippen molar-refractivity contribution in [3.8, 4) is 0 Å². The molecule has 5 nitrogen and oxygen atoms in total. The number of nitrogens with one attached hydrogen (secondary N) is 1. The Labute approximate surface area is 182 Å². The number of nitrogens with zero attached hydrogens (tertiary/aromatic N) is 2. The first-order valence-electron chi connectivity index (χ1n) is 9.95. The summed E-state index contributed by atoms with van der Waals surface area (Å²) in [6.07, 6.45) is 3.21. The van der Waals surface area contributed by atoms with Crippen molar-refractivity contribution in [2.24, 2.45) is 0 Å². The van der Waals surface area contributed by atoms with E-state index in [0.29, 0.717) is 31.5 Å². The van der Waals surface area contributed by atoms with E-state index in [4.69, 9.17) is 16.3 Å². The highest BCUT2D eigenvalue weighted by Crippen LogP contribution is 2.22. The molecule has 30 heavy (non-hydrogen) atoms. The molecule has 6 heteroatoms. The Balaban J connectivity index is 1.63. The van der Waals surface area contributed by atoms with Crippen LogP contribution < -0.4 is 5.32 Å². The van der Waals surface area contributed by atoms with Crippen molar-refractivity contribution in [1.29, 1.82) is 0 Å². The molecule has 0 saturated carbocycles. The second kappa shape index (κ2) is 10.8. The van der Waals surface area contributed by atoms with E-state index in [1.807, 2.05) is 68.4 Å². The molecule has 3 rings (SSSR count). The Kier molecular flexibility index (Phi) is 7.82. The van der Waals surface area contributed by atoms with Crippen LogP contribution in [0.3, 0.4) is 0 Å². The minimum absolute atomic E-state index is 0.188. The standard InChI is InChI=1S/C24H26ClN3O2/c1-3-30-17-21-12-8-7-11-20(21)15-26-23(29)14-13-22-18(2)27-28(24(22)25)16-19-9-5-4-6-10-19/h4-14H,3,15-17H2,1-2H3,(H,26,29)/b14-13+. The summed E-state index contributed by atoms with van der Waals surface area (Å²) in [5.41, 5.74) is 4.75. The topological polar surface area (TPSA) is 56.1 Å². The monoisotopic (exact) mass is 423 g/mol. The quantitative estimate of drug-likeness (QED) is 0.505. The molecule has 0 aliphatic carbocycles. The molecule has 0 fully saturated rings. The molecule has 0 unspecified atom stereocenters. The Hall–Kier alpha value is -2.89. The van der Waals surface area contributed by atoms with Crippen LogP contribution in [-0.4, -0.2) is 22.3 Å². The highest BCUT2D eigenvalue weighted by Gasteiger charge is 2.12. The fourth-order valence-electron chi connectivity index (χ4n) is 3.10. The smallest absolute Gasteiger partial charge is 0.244 e. The van der Waals surface area contributed by atoms with Crippen LogP contribution in [0.5, 0.6) is 0 Å². The summed E-state index contributed by atoms with van der Waals surface area (Å²) in [5.74, 6) is -0.188. The minimum atomic E-state index is -0.188. The van der Waals surface area contributed by atoms with Gasteiger partial charge in [-0.3, -0.25) is 4.79 Å². The maximum atomic E-state index is 12.3. The van der Waals surface area contributed by atoms with E-state index >= 15 is 0 Å². The molecule has 0 aliphatic rings. The molecule has 156 valence electrons. The highest BCUT2D eigenvalue weighted by atomic mass is 35.5. The number of benzene rings is 2. The number of carbonyl (C=O) groups is 1. The van der Waals surface area contributed by atoms with Gasteiger partial charge in [0.15, 0.2) is 0 Å². The molecule has 1 aromatic heterocycles. The highest BCUT2D eigenvalue weighted by molar-refractivity contribution is 6.31. The second-order valence-corrected chi connectivity index (χ2v) is 7.25. The van der Waals surface area contributed by atoms with Gasteiger partial charge < -0.3 is 10.1 Å². The summed E-state index contributed by atoms with van der Waals surface area (Å²) in [7, 11) is 0. The summed E-state index contributed by atoms with van der Waals surface area (Å²) in [4.78, 5) is 12.3. The van der Waals surface area contributed by atoms with Crippen molar-refractivity contribution < 1.29 is 9.53 Å². The number of hydrogen-bond acceptors (Lipinski definition) is 3. The lowest BCUT2D eigenvalue weighted by Crippen LogP contribution is -2.21. The van der Waals surface area contributed by atoms with Crippen LogP contribution in [0.1, 0.15) is 34.9 Å². The fraction of sp³-hybridized carbons (Fsp3) is 0.250. The van der Waals surface area contributed by atoms with Gasteiger partial charge in [-0.1, -0.05) is 66.2 Å². The van der Waals surface area contributed by atoms with Crippen molar-refractivity contribution >= 4 is 23.6 Å². The molecule has 1 amide bonds. The Morgan fingerprint density at radius 1 is 1.13 bits per heavy atom. The van der Waals surface area contributed by atoms with Gasteiger partial charge in [-0.05, 0) is 36.6 Å². The summed E-state index contributed by atoms with van der Waals surface area (Å²) < 4.78 is 7.24. The van der Waals surface area contributed by atoms with Crippen molar-refractivity contribution in [2.45, 2.75) is 33.5 Å². The maximum absolute atomic E-state index is 12.3. The molecule has 0 atom stereocenters. The van der Waals surface area contributed by atoms with Crippen molar-refractivity contribution in [3.05, 3.63) is 93.8 Å². The Morgan fingerprint density at radius 3 is 2.57 bits per heavy atom. The lowest BCUT2D eigenvalue weighted by Gasteiger charge is -2.09. The fourth-order valence-corrected chi connectivity index (χ4v) is 3.40. The zero-order valence-electron chi connectivity index (χ0n) is 17.3. The zero-order valence-corrected chi connectivity index (χ0v) is 18.0. The van der Waals surface area contributed by atoms with Gasteiger partial charge in [0.05, 0.1) is 18.8 Å². The number of carbonyl (C=O) groups excluding carboxylic acids is 1. The lowest BCUT2D eigenvalue weighted by atomic mass is 10.1. The first-order valence-corrected chi connectivity index (χ1v) is 10.3. The van der Waals surface area contributed by atoms with E-state index in [1.54, 1.807) is 10.8 Å². The molecule has 3 aromatic rings. The third-order valence-corrected chi connectivity index (χ3v) is 5.12. The molecule has 1 N–H and O–H groups in total. The molecular formula is C24H26ClN3O2. The number of aryl methyl sites for hydroxylation is 1. The molecule has 1 heterocycles. The lowest BCUT2D eigenvalue weighted by molar-refractivity contribution is -0.116. The van der Waals surface area contributed by atoms with E-state index in [1.165, 1.54) is 6.08 Å². The third kappa shape index (κ3) is 5.81. The van der Waals surface area contributed by atoms with Crippen molar-refractivity contribution in [2.75, 3.05) is 6.61 Å². The maximum Gasteiger partial charge on any atom is 0.244 e. The largest absolute Gasteiger partial charge is 0.377 e. The average Bonchev–Trinajstić information content (AvgIpc) is 3.03. The number of aromatic nitrogens is 2. The van der Waals surface area contributed by atoms with Gasteiger partial charge in [0.25, 0.3) is 0 Å². The van der Waals surface area contributed by atoms with Crippen LogP contribution in [0, 0.1) is 6.92 Å². The van der Waals surface area contributed by atoms with Gasteiger partial charge in [0.1, 0.15) is 5.15 Å². The predicted octanol–water partition coefficient (Wildman–Crippen LogP) is 4.76. The molecule has 0 aliphatic heterocycles. The van der Waals surface area contributed by atoms with Crippen molar-refractivity contribution in [3.63, 3.8) is 0 Å². The molecular weight excluding hydrogens is 398 g/mol. The zero-order chi connectivity index (χ0) is 21.3. The Bertz CT molecular complexity index is 1010. The number of halogens is 1. The van der Waals surface area contributed by atoms with Crippen LogP contribution in [0.25, 0.3) is 6.08 Å². The van der Waals surface area contributed by atoms with Gasteiger partial charge in [-0.2, -0.15) is 5.10 Å². The van der Waals surface area contributed by atoms with E-state index in [0.717, 1.165) is 27.9 Å². The van der Waals surface area contributed by atoms with Crippen LogP contribution in [-0.2, 0) is 29.2 Å². The van der Waals surface area contributed by atoms with Gasteiger partial charge in [0, 0.05) is 24.8 Å². The van der Waals surface area contributed by atoms with Gasteiger partial charge in [-0.15, -0.1) is 0 Å². The average molecular weight is 424 g/mol. The summed E-state index contributed by atoms with van der Waals surface area (Å²) in [6.45, 7) is 6.05. The summed E-state index contributed by atoms with van der Waals surface area (Å²) >= 11 is 6.51. The first-order chi connectivity index (χ1) is 14.6. The van der Waals surface area contributed by atoms with E-state index in [-0.39, 0.29) is 5.91 Å². The van der Waals surface area contributed by atoms with Crippen LogP contribution in [0.15, 0.2) is 60.7 Å². The van der Waals surface area contributed by atoms with Gasteiger partial charge in [-0.25, -0.2) is 4.68 Å². The summed E-state index contributed by atoms with van der Waals surface area (Å²) in [5, 5.41) is 7.94. The summed E-state index contributed by atoms with van der Waals surface area (Å²) in [6, 6.07) is 17.9. The second-order valence-electron chi connectivity index (χ2n) is 6.89. The third-order valence-electron chi connectivity index (χ3n) is 4.72. The van der Waals surface area contributed by atoms with Crippen LogP contribution in [0.4, 0.5) is 0 Å². The van der Waals surface area contributed by atoms with Crippen LogP contribution >= 0.6 is 11.6 Å². The molecule has 2 aromatic carbocycles. The number of ether oxygens (including phenoxy) is 1. The Morgan fingerprint density at radius 2 is 1.83 bits per heavy atom. The number of amides is 1. The SMILES string of the molecule is CCOCc1ccccc1CNC(=O)/C=C/c1c(C)nn(Cc2ccccc2)c1Cl. The van der Waals surface area contributed by atoms with E-state index in [2.05, 4.69) is 10.4 Å². The van der Waals surface area contributed by atoms with E-state index in [9.17, 15) is 4.79 Å². The first kappa shape index (κ1) is 21.8. The molecule has 0 spiro atoms. The molecule has 0 bridgehead atoms. The molecule has 0 radical (unpaired) electrons. The van der Waals surface area contributed by atoms with Gasteiger partial charge >= 0.3 is 0 Å². The number of rotatable bonds is 9. The minimum Gasteiger partial charge on any atom is -0.377 e.